The van der Waals surface area contributed by atoms with Gasteiger partial charge in [-0.05, 0) is 34.4 Å². The summed E-state index contributed by atoms with van der Waals surface area (Å²) in [6.07, 6.45) is 1.07. The van der Waals surface area contributed by atoms with Crippen LogP contribution < -0.4 is 4.90 Å². The number of anilines is 1. The van der Waals surface area contributed by atoms with Gasteiger partial charge in [0.2, 0.25) is 0 Å². The highest BCUT2D eigenvalue weighted by atomic mass is 15.2. The summed E-state index contributed by atoms with van der Waals surface area (Å²) in [4.78, 5) is 18.3. The lowest BCUT2D eigenvalue weighted by atomic mass is 10.4. The summed E-state index contributed by atoms with van der Waals surface area (Å²) in [6.45, 7) is 8.99. The van der Waals surface area contributed by atoms with Gasteiger partial charge in [-0.25, -0.2) is 15.0 Å². The Hall–Kier alpha value is -1.69. The van der Waals surface area contributed by atoms with Gasteiger partial charge in [-0.15, -0.1) is 0 Å². The van der Waals surface area contributed by atoms with Gasteiger partial charge < -0.3 is 14.4 Å². The van der Waals surface area contributed by atoms with Crippen molar-refractivity contribution in [3.63, 3.8) is 0 Å². The maximum absolute atomic E-state index is 4.70. The Balaban J connectivity index is 2.46. The minimum atomic E-state index is 0.798. The molecule has 6 heteroatoms. The van der Waals surface area contributed by atoms with E-state index in [-0.39, 0.29) is 0 Å². The van der Waals surface area contributed by atoms with Gasteiger partial charge >= 0.3 is 0 Å². The fourth-order valence-corrected chi connectivity index (χ4v) is 2.41. The normalized spacial score (nSPS) is 11.6. The van der Waals surface area contributed by atoms with Crippen LogP contribution in [0.25, 0.3) is 11.2 Å². The van der Waals surface area contributed by atoms with Crippen LogP contribution in [-0.4, -0.2) is 58.7 Å². The molecule has 0 saturated carbocycles. The van der Waals surface area contributed by atoms with E-state index in [4.69, 9.17) is 4.98 Å². The molecular weight excluding hydrogens is 264 g/mol. The summed E-state index contributed by atoms with van der Waals surface area (Å²) in [5, 5.41) is 0. The van der Waals surface area contributed by atoms with Gasteiger partial charge in [0, 0.05) is 26.7 Å². The number of rotatable bonds is 6. The Morgan fingerprint density at radius 2 is 1.71 bits per heavy atom. The molecule has 0 spiro atoms. The van der Waals surface area contributed by atoms with Crippen molar-refractivity contribution in [3.05, 3.63) is 11.6 Å². The smallest absolute Gasteiger partial charge is 0.165 e. The fourth-order valence-electron chi connectivity index (χ4n) is 2.41. The molecule has 2 rings (SSSR count). The summed E-state index contributed by atoms with van der Waals surface area (Å²) in [7, 11) is 6.22. The Kier molecular flexibility index (Phi) is 4.77. The number of aromatic nitrogens is 4. The zero-order valence-corrected chi connectivity index (χ0v) is 14.0. The van der Waals surface area contributed by atoms with E-state index in [0.717, 1.165) is 54.7 Å². The lowest BCUT2D eigenvalue weighted by molar-refractivity contribution is 0.416. The molecule has 0 saturated heterocycles. The van der Waals surface area contributed by atoms with Crippen molar-refractivity contribution in [2.24, 2.45) is 0 Å². The molecule has 0 radical (unpaired) electrons. The monoisotopic (exact) mass is 290 g/mol. The molecule has 0 bridgehead atoms. The lowest BCUT2D eigenvalue weighted by Crippen LogP contribution is -2.29. The molecule has 0 aliphatic rings. The van der Waals surface area contributed by atoms with Gasteiger partial charge in [-0.2, -0.15) is 0 Å². The van der Waals surface area contributed by atoms with Gasteiger partial charge in [0.05, 0.1) is 0 Å². The van der Waals surface area contributed by atoms with E-state index < -0.39 is 0 Å². The van der Waals surface area contributed by atoms with E-state index in [2.05, 4.69) is 52.4 Å². The zero-order chi connectivity index (χ0) is 15.6. The maximum Gasteiger partial charge on any atom is 0.165 e. The highest BCUT2D eigenvalue weighted by molar-refractivity contribution is 5.84. The topological polar surface area (TPSA) is 50.1 Å². The molecule has 0 amide bonds. The van der Waals surface area contributed by atoms with Crippen LogP contribution in [0.3, 0.4) is 0 Å². The maximum atomic E-state index is 4.70. The number of hydrogen-bond donors (Lipinski definition) is 0. The van der Waals surface area contributed by atoms with Crippen molar-refractivity contribution in [1.29, 1.82) is 0 Å². The molecule has 2 aromatic rings. The van der Waals surface area contributed by atoms with Crippen LogP contribution >= 0.6 is 0 Å². The molecule has 0 aliphatic carbocycles. The summed E-state index contributed by atoms with van der Waals surface area (Å²) in [6, 6.07) is 0. The first-order valence-electron chi connectivity index (χ1n) is 7.51. The molecule has 0 aliphatic heterocycles. The van der Waals surface area contributed by atoms with Gasteiger partial charge in [0.1, 0.15) is 11.6 Å². The third kappa shape index (κ3) is 3.32. The Morgan fingerprint density at radius 3 is 2.33 bits per heavy atom. The summed E-state index contributed by atoms with van der Waals surface area (Å²) >= 11 is 0. The average molecular weight is 290 g/mol. The standard InChI is InChI=1S/C15H26N6/c1-7-8-21-12(3)18-13-14(16-11(2)17-15(13)21)20(6)10-9-19(4)5/h7-10H2,1-6H3. The van der Waals surface area contributed by atoms with Gasteiger partial charge in [0.15, 0.2) is 17.0 Å². The molecule has 21 heavy (non-hydrogen) atoms. The summed E-state index contributed by atoms with van der Waals surface area (Å²) < 4.78 is 2.19. The van der Waals surface area contributed by atoms with Crippen molar-refractivity contribution in [2.75, 3.05) is 39.1 Å². The molecule has 0 fully saturated rings. The average Bonchev–Trinajstić information content (AvgIpc) is 2.72. The van der Waals surface area contributed by atoms with E-state index >= 15 is 0 Å². The highest BCUT2D eigenvalue weighted by Crippen LogP contribution is 2.23. The molecule has 2 heterocycles. The summed E-state index contributed by atoms with van der Waals surface area (Å²) in [5.41, 5.74) is 1.86. The van der Waals surface area contributed by atoms with E-state index in [1.165, 1.54) is 0 Å². The summed E-state index contributed by atoms with van der Waals surface area (Å²) in [5.74, 6) is 2.73. The van der Waals surface area contributed by atoms with E-state index in [1.54, 1.807) is 0 Å². The zero-order valence-electron chi connectivity index (χ0n) is 14.0. The SMILES string of the molecule is CCCn1c(C)nc2c(N(C)CCN(C)C)nc(C)nc21. The Bertz CT molecular complexity index is 616. The van der Waals surface area contributed by atoms with E-state index in [0.29, 0.717) is 0 Å². The first-order chi connectivity index (χ1) is 9.93. The molecular formula is C15H26N6. The van der Waals surface area contributed by atoms with Gasteiger partial charge in [-0.3, -0.25) is 0 Å². The molecule has 116 valence electrons. The molecule has 2 aromatic heterocycles. The molecule has 0 atom stereocenters. The van der Waals surface area contributed by atoms with Crippen LogP contribution in [0.1, 0.15) is 25.0 Å². The van der Waals surface area contributed by atoms with E-state index in [1.807, 2.05) is 13.8 Å². The first kappa shape index (κ1) is 15.7. The molecule has 0 N–H and O–H groups in total. The van der Waals surface area contributed by atoms with Crippen molar-refractivity contribution in [3.8, 4) is 0 Å². The van der Waals surface area contributed by atoms with Crippen LogP contribution in [0.15, 0.2) is 0 Å². The molecule has 0 aromatic carbocycles. The fraction of sp³-hybridized carbons (Fsp3) is 0.667. The minimum Gasteiger partial charge on any atom is -0.356 e. The van der Waals surface area contributed by atoms with Crippen LogP contribution in [0.5, 0.6) is 0 Å². The number of imidazole rings is 1. The van der Waals surface area contributed by atoms with Crippen LogP contribution in [-0.2, 0) is 6.54 Å². The van der Waals surface area contributed by atoms with Gasteiger partial charge in [0.25, 0.3) is 0 Å². The second kappa shape index (κ2) is 6.39. The predicted octanol–water partition coefficient (Wildman–Crippen LogP) is 1.85. The predicted molar refractivity (Wildman–Crippen MR) is 86.9 cm³/mol. The second-order valence-electron chi connectivity index (χ2n) is 5.80. The van der Waals surface area contributed by atoms with Crippen molar-refractivity contribution >= 4 is 17.0 Å². The lowest BCUT2D eigenvalue weighted by Gasteiger charge is -2.21. The number of fused-ring (bicyclic) bond motifs is 1. The van der Waals surface area contributed by atoms with Crippen molar-refractivity contribution in [1.82, 2.24) is 24.4 Å². The Labute approximate surface area is 126 Å². The van der Waals surface area contributed by atoms with Crippen LogP contribution in [0.2, 0.25) is 0 Å². The number of likely N-dealkylation sites (N-methyl/N-ethyl adjacent to an activating group) is 2. The number of nitrogens with zero attached hydrogens (tertiary/aromatic N) is 6. The van der Waals surface area contributed by atoms with Gasteiger partial charge in [-0.1, -0.05) is 6.92 Å². The minimum absolute atomic E-state index is 0.798. The number of hydrogen-bond acceptors (Lipinski definition) is 5. The van der Waals surface area contributed by atoms with Crippen LogP contribution in [0, 0.1) is 13.8 Å². The third-order valence-corrected chi connectivity index (χ3v) is 3.57. The van der Waals surface area contributed by atoms with Crippen molar-refractivity contribution in [2.45, 2.75) is 33.7 Å². The molecule has 0 unspecified atom stereocenters. The first-order valence-corrected chi connectivity index (χ1v) is 7.51. The van der Waals surface area contributed by atoms with E-state index in [9.17, 15) is 0 Å². The number of aryl methyl sites for hydroxylation is 3. The third-order valence-electron chi connectivity index (χ3n) is 3.57. The molecule has 6 nitrogen and oxygen atoms in total. The van der Waals surface area contributed by atoms with Crippen molar-refractivity contribution < 1.29 is 0 Å². The van der Waals surface area contributed by atoms with Crippen LogP contribution in [0.4, 0.5) is 5.82 Å². The largest absolute Gasteiger partial charge is 0.356 e. The quantitative estimate of drug-likeness (QED) is 0.812. The highest BCUT2D eigenvalue weighted by Gasteiger charge is 2.17. The Morgan fingerprint density at radius 1 is 1.00 bits per heavy atom. The second-order valence-corrected chi connectivity index (χ2v) is 5.80.